The number of piperazine rings is 1. The molecule has 1 aromatic rings. The predicted molar refractivity (Wildman–Crippen MR) is 71.3 cm³/mol. The lowest BCUT2D eigenvalue weighted by atomic mass is 10.2. The molecule has 2 heterocycles. The third-order valence-corrected chi connectivity index (χ3v) is 3.33. The molecule has 0 saturated carbocycles. The van der Waals surface area contributed by atoms with Crippen LogP contribution in [0.25, 0.3) is 0 Å². The number of pyridine rings is 1. The summed E-state index contributed by atoms with van der Waals surface area (Å²) in [4.78, 5) is 9.39. The highest BCUT2D eigenvalue weighted by Gasteiger charge is 2.16. The largest absolute Gasteiger partial charge is 0.354 e. The maximum atomic E-state index is 4.54. The lowest BCUT2D eigenvalue weighted by Crippen LogP contribution is -2.46. The van der Waals surface area contributed by atoms with Crippen LogP contribution in [0.15, 0.2) is 18.3 Å². The Bertz CT molecular complexity index is 328. The molecule has 1 aromatic heterocycles. The van der Waals surface area contributed by atoms with Gasteiger partial charge in [-0.25, -0.2) is 4.98 Å². The summed E-state index contributed by atoms with van der Waals surface area (Å²) in [7, 11) is 1.96. The van der Waals surface area contributed by atoms with Crippen molar-refractivity contribution in [2.24, 2.45) is 0 Å². The average molecular weight is 234 g/mol. The zero-order valence-electron chi connectivity index (χ0n) is 10.8. The number of nitrogens with zero attached hydrogens (tertiary/aromatic N) is 3. The predicted octanol–water partition coefficient (Wildman–Crippen LogP) is 0.943. The maximum Gasteiger partial charge on any atom is 0.128 e. The standard InChI is InChI=1S/C13H22N4/c1-3-16-6-8-17(9-7-16)13-5-4-12(10-14-2)11-15-13/h4-5,11,14H,3,6-10H2,1-2H3. The molecule has 94 valence electrons. The Morgan fingerprint density at radius 1 is 1.24 bits per heavy atom. The summed E-state index contributed by atoms with van der Waals surface area (Å²) in [6.07, 6.45) is 1.97. The average Bonchev–Trinajstić information content (AvgIpc) is 2.40. The van der Waals surface area contributed by atoms with Crippen molar-refractivity contribution in [2.45, 2.75) is 13.5 Å². The van der Waals surface area contributed by atoms with Crippen molar-refractivity contribution < 1.29 is 0 Å². The van der Waals surface area contributed by atoms with Crippen LogP contribution in [0, 0.1) is 0 Å². The topological polar surface area (TPSA) is 31.4 Å². The maximum absolute atomic E-state index is 4.54. The van der Waals surface area contributed by atoms with Gasteiger partial charge in [-0.1, -0.05) is 13.0 Å². The van der Waals surface area contributed by atoms with Crippen LogP contribution in [0.5, 0.6) is 0 Å². The Morgan fingerprint density at radius 3 is 2.53 bits per heavy atom. The monoisotopic (exact) mass is 234 g/mol. The van der Waals surface area contributed by atoms with E-state index in [1.54, 1.807) is 0 Å². The third kappa shape index (κ3) is 3.17. The van der Waals surface area contributed by atoms with Crippen LogP contribution in [0.2, 0.25) is 0 Å². The molecule has 0 unspecified atom stereocenters. The molecule has 0 aromatic carbocycles. The first-order valence-electron chi connectivity index (χ1n) is 6.40. The van der Waals surface area contributed by atoms with Gasteiger partial charge in [-0.3, -0.25) is 0 Å². The highest BCUT2D eigenvalue weighted by Crippen LogP contribution is 2.13. The Hall–Kier alpha value is -1.13. The first-order chi connectivity index (χ1) is 8.33. The Kier molecular flexibility index (Phi) is 4.34. The normalized spacial score (nSPS) is 17.4. The molecule has 0 aliphatic carbocycles. The van der Waals surface area contributed by atoms with Gasteiger partial charge in [-0.15, -0.1) is 0 Å². The minimum Gasteiger partial charge on any atom is -0.354 e. The molecule has 1 aliphatic rings. The molecule has 1 N–H and O–H groups in total. The fourth-order valence-corrected chi connectivity index (χ4v) is 2.21. The number of likely N-dealkylation sites (N-methyl/N-ethyl adjacent to an activating group) is 1. The van der Waals surface area contributed by atoms with Crippen LogP contribution >= 0.6 is 0 Å². The number of nitrogens with one attached hydrogen (secondary N) is 1. The van der Waals surface area contributed by atoms with Gasteiger partial charge >= 0.3 is 0 Å². The van der Waals surface area contributed by atoms with Gasteiger partial charge in [0.05, 0.1) is 0 Å². The zero-order valence-corrected chi connectivity index (χ0v) is 10.8. The Balaban J connectivity index is 1.94. The summed E-state index contributed by atoms with van der Waals surface area (Å²) in [6.45, 7) is 8.74. The molecule has 2 rings (SSSR count). The van der Waals surface area contributed by atoms with Crippen LogP contribution < -0.4 is 10.2 Å². The minimum absolute atomic E-state index is 0.886. The van der Waals surface area contributed by atoms with E-state index in [-0.39, 0.29) is 0 Å². The SMILES string of the molecule is CCN1CCN(c2ccc(CNC)cn2)CC1. The van der Waals surface area contributed by atoms with E-state index >= 15 is 0 Å². The van der Waals surface area contributed by atoms with E-state index in [0.717, 1.165) is 45.1 Å². The fourth-order valence-electron chi connectivity index (χ4n) is 2.21. The summed E-state index contributed by atoms with van der Waals surface area (Å²) in [5.74, 6) is 1.11. The van der Waals surface area contributed by atoms with Gasteiger partial charge in [-0.2, -0.15) is 0 Å². The summed E-state index contributed by atoms with van der Waals surface area (Å²) in [5.41, 5.74) is 1.24. The molecular weight excluding hydrogens is 212 g/mol. The summed E-state index contributed by atoms with van der Waals surface area (Å²) >= 11 is 0. The minimum atomic E-state index is 0.886. The molecule has 0 amide bonds. The number of hydrogen-bond acceptors (Lipinski definition) is 4. The van der Waals surface area contributed by atoms with Crippen LogP contribution in [0.4, 0.5) is 5.82 Å². The molecule has 0 spiro atoms. The third-order valence-electron chi connectivity index (χ3n) is 3.33. The van der Waals surface area contributed by atoms with Crippen molar-refractivity contribution in [1.29, 1.82) is 0 Å². The second kappa shape index (κ2) is 5.98. The fraction of sp³-hybridized carbons (Fsp3) is 0.615. The van der Waals surface area contributed by atoms with Crippen LogP contribution in [-0.2, 0) is 6.54 Å². The van der Waals surface area contributed by atoms with Crippen molar-refractivity contribution in [3.05, 3.63) is 23.9 Å². The summed E-state index contributed by atoms with van der Waals surface area (Å²) in [5, 5.41) is 3.14. The molecule has 0 atom stereocenters. The van der Waals surface area contributed by atoms with Gasteiger partial charge in [0.1, 0.15) is 5.82 Å². The van der Waals surface area contributed by atoms with E-state index in [1.807, 2.05) is 13.2 Å². The van der Waals surface area contributed by atoms with Crippen molar-refractivity contribution in [3.63, 3.8) is 0 Å². The highest BCUT2D eigenvalue weighted by atomic mass is 15.3. The van der Waals surface area contributed by atoms with Crippen molar-refractivity contribution in [1.82, 2.24) is 15.2 Å². The first-order valence-corrected chi connectivity index (χ1v) is 6.40. The van der Waals surface area contributed by atoms with E-state index in [0.29, 0.717) is 0 Å². The first kappa shape index (κ1) is 12.3. The Morgan fingerprint density at radius 2 is 2.00 bits per heavy atom. The van der Waals surface area contributed by atoms with Crippen LogP contribution in [0.3, 0.4) is 0 Å². The van der Waals surface area contributed by atoms with E-state index in [1.165, 1.54) is 5.56 Å². The van der Waals surface area contributed by atoms with E-state index in [2.05, 4.69) is 39.2 Å². The second-order valence-corrected chi connectivity index (χ2v) is 4.48. The van der Waals surface area contributed by atoms with Gasteiger partial charge < -0.3 is 15.1 Å². The molecule has 1 saturated heterocycles. The number of rotatable bonds is 4. The second-order valence-electron chi connectivity index (χ2n) is 4.48. The quantitative estimate of drug-likeness (QED) is 0.840. The molecule has 1 aliphatic heterocycles. The van der Waals surface area contributed by atoms with Gasteiger partial charge in [0.2, 0.25) is 0 Å². The van der Waals surface area contributed by atoms with Crippen molar-refractivity contribution in [3.8, 4) is 0 Å². The molecule has 4 heteroatoms. The molecular formula is C13H22N4. The molecule has 0 bridgehead atoms. The molecule has 1 fully saturated rings. The zero-order chi connectivity index (χ0) is 12.1. The van der Waals surface area contributed by atoms with Crippen molar-refractivity contribution >= 4 is 5.82 Å². The van der Waals surface area contributed by atoms with Gasteiger partial charge in [0, 0.05) is 38.9 Å². The number of anilines is 1. The van der Waals surface area contributed by atoms with Crippen LogP contribution in [0.1, 0.15) is 12.5 Å². The summed E-state index contributed by atoms with van der Waals surface area (Å²) < 4.78 is 0. The molecule has 0 radical (unpaired) electrons. The van der Waals surface area contributed by atoms with Gasteiger partial charge in [0.25, 0.3) is 0 Å². The lowest BCUT2D eigenvalue weighted by molar-refractivity contribution is 0.270. The van der Waals surface area contributed by atoms with E-state index in [4.69, 9.17) is 0 Å². The molecule has 4 nitrogen and oxygen atoms in total. The number of hydrogen-bond donors (Lipinski definition) is 1. The van der Waals surface area contributed by atoms with Crippen molar-refractivity contribution in [2.75, 3.05) is 44.7 Å². The Labute approximate surface area is 104 Å². The van der Waals surface area contributed by atoms with Gasteiger partial charge in [0.15, 0.2) is 0 Å². The summed E-state index contributed by atoms with van der Waals surface area (Å²) in [6, 6.07) is 4.29. The highest BCUT2D eigenvalue weighted by molar-refractivity contribution is 5.39. The van der Waals surface area contributed by atoms with Gasteiger partial charge in [-0.05, 0) is 25.2 Å². The van der Waals surface area contributed by atoms with E-state index in [9.17, 15) is 0 Å². The lowest BCUT2D eigenvalue weighted by Gasteiger charge is -2.34. The smallest absolute Gasteiger partial charge is 0.128 e. The molecule has 17 heavy (non-hydrogen) atoms. The van der Waals surface area contributed by atoms with E-state index < -0.39 is 0 Å². The number of aromatic nitrogens is 1. The van der Waals surface area contributed by atoms with Crippen LogP contribution in [-0.4, -0.2) is 49.7 Å².